The molecule has 3 nitrogen and oxygen atoms in total. The molecule has 0 saturated heterocycles. The van der Waals surface area contributed by atoms with Gasteiger partial charge in [0.15, 0.2) is 0 Å². The zero-order valence-corrected chi connectivity index (χ0v) is 11.6. The van der Waals surface area contributed by atoms with Gasteiger partial charge in [-0.05, 0) is 12.1 Å². The van der Waals surface area contributed by atoms with Crippen molar-refractivity contribution >= 4 is 21.8 Å². The maximum atomic E-state index is 13.4. The Bertz CT molecular complexity index is 396. The minimum absolute atomic E-state index is 0.0637. The van der Waals surface area contributed by atoms with E-state index in [0.29, 0.717) is 25.1 Å². The van der Waals surface area contributed by atoms with Crippen LogP contribution in [0.25, 0.3) is 0 Å². The van der Waals surface area contributed by atoms with Gasteiger partial charge >= 0.3 is 0 Å². The van der Waals surface area contributed by atoms with Crippen LogP contribution in [0.2, 0.25) is 0 Å². The van der Waals surface area contributed by atoms with Crippen molar-refractivity contribution in [3.63, 3.8) is 0 Å². The summed E-state index contributed by atoms with van der Waals surface area (Å²) >= 11 is 3.20. The van der Waals surface area contributed by atoms with Crippen LogP contribution in [0, 0.1) is 5.82 Å². The largest absolute Gasteiger partial charge is 0.349 e. The molecule has 0 unspecified atom stereocenters. The van der Waals surface area contributed by atoms with Crippen LogP contribution in [0.15, 0.2) is 22.7 Å². The summed E-state index contributed by atoms with van der Waals surface area (Å²) in [5.74, 6) is -0.181. The quantitative estimate of drug-likeness (QED) is 0.846. The Kier molecular flexibility index (Phi) is 5.58. The monoisotopic (exact) mass is 302 g/mol. The van der Waals surface area contributed by atoms with Gasteiger partial charge in [0, 0.05) is 43.6 Å². The molecule has 0 aliphatic heterocycles. The van der Waals surface area contributed by atoms with Crippen molar-refractivity contribution in [2.75, 3.05) is 20.6 Å². The highest BCUT2D eigenvalue weighted by atomic mass is 79.9. The van der Waals surface area contributed by atoms with E-state index < -0.39 is 0 Å². The summed E-state index contributed by atoms with van der Waals surface area (Å²) in [5.41, 5.74) is 0.602. The first kappa shape index (κ1) is 14.1. The predicted molar refractivity (Wildman–Crippen MR) is 69.1 cm³/mol. The van der Waals surface area contributed by atoms with Crippen LogP contribution in [0.1, 0.15) is 12.0 Å². The zero-order chi connectivity index (χ0) is 12.8. The van der Waals surface area contributed by atoms with E-state index in [4.69, 9.17) is 0 Å². The fourth-order valence-corrected chi connectivity index (χ4v) is 1.64. The van der Waals surface area contributed by atoms with Gasteiger partial charge in [-0.25, -0.2) is 4.39 Å². The molecule has 0 atom stereocenters. The summed E-state index contributed by atoms with van der Waals surface area (Å²) in [6.45, 7) is 0.979. The van der Waals surface area contributed by atoms with E-state index in [0.717, 1.165) is 4.47 Å². The average molecular weight is 303 g/mol. The molecule has 1 N–H and O–H groups in total. The van der Waals surface area contributed by atoms with E-state index in [2.05, 4.69) is 21.2 Å². The molecule has 0 aromatic heterocycles. The molecule has 1 aromatic carbocycles. The van der Waals surface area contributed by atoms with Crippen molar-refractivity contribution in [2.24, 2.45) is 0 Å². The second kappa shape index (κ2) is 6.71. The van der Waals surface area contributed by atoms with Crippen LogP contribution in [-0.4, -0.2) is 31.4 Å². The number of nitrogens with one attached hydrogen (secondary N) is 1. The minimum Gasteiger partial charge on any atom is -0.349 e. The Morgan fingerprint density at radius 2 is 2.18 bits per heavy atom. The van der Waals surface area contributed by atoms with Gasteiger partial charge < -0.3 is 10.2 Å². The number of amides is 1. The number of halogens is 2. The standard InChI is InChI=1S/C12H16BrFN2O/c1-16(2)12(17)5-6-15-8-9-3-4-10(13)7-11(9)14/h3-4,7,15H,5-6,8H2,1-2H3. The van der Waals surface area contributed by atoms with Gasteiger partial charge in [0.1, 0.15) is 5.82 Å². The highest BCUT2D eigenvalue weighted by molar-refractivity contribution is 9.10. The molecule has 0 spiro atoms. The zero-order valence-electron chi connectivity index (χ0n) is 9.96. The minimum atomic E-state index is -0.245. The van der Waals surface area contributed by atoms with Gasteiger partial charge in [-0.2, -0.15) is 0 Å². The summed E-state index contributed by atoms with van der Waals surface area (Å²) in [7, 11) is 3.44. The maximum Gasteiger partial charge on any atom is 0.223 e. The van der Waals surface area contributed by atoms with E-state index in [-0.39, 0.29) is 11.7 Å². The predicted octanol–water partition coefficient (Wildman–Crippen LogP) is 2.16. The number of carbonyl (C=O) groups is 1. The van der Waals surface area contributed by atoms with Crippen LogP contribution in [0.5, 0.6) is 0 Å². The molecule has 0 bridgehead atoms. The van der Waals surface area contributed by atoms with Crippen molar-refractivity contribution in [2.45, 2.75) is 13.0 Å². The Morgan fingerprint density at radius 3 is 2.76 bits per heavy atom. The molecular formula is C12H16BrFN2O. The first-order valence-corrected chi connectivity index (χ1v) is 6.15. The van der Waals surface area contributed by atoms with Crippen LogP contribution >= 0.6 is 15.9 Å². The maximum absolute atomic E-state index is 13.4. The third kappa shape index (κ3) is 4.83. The van der Waals surface area contributed by atoms with Crippen molar-refractivity contribution in [3.8, 4) is 0 Å². The third-order valence-corrected chi connectivity index (χ3v) is 2.84. The van der Waals surface area contributed by atoms with E-state index in [1.54, 1.807) is 31.1 Å². The second-order valence-corrected chi connectivity index (χ2v) is 4.87. The fraction of sp³-hybridized carbons (Fsp3) is 0.417. The number of nitrogens with zero attached hydrogens (tertiary/aromatic N) is 1. The fourth-order valence-electron chi connectivity index (χ4n) is 1.31. The molecule has 1 aromatic rings. The van der Waals surface area contributed by atoms with Crippen molar-refractivity contribution in [3.05, 3.63) is 34.1 Å². The molecule has 0 radical (unpaired) electrons. The summed E-state index contributed by atoms with van der Waals surface area (Å²) in [5, 5.41) is 3.04. The Hall–Kier alpha value is -0.940. The smallest absolute Gasteiger partial charge is 0.223 e. The molecule has 0 fully saturated rings. The van der Waals surface area contributed by atoms with Gasteiger partial charge in [-0.3, -0.25) is 4.79 Å². The van der Waals surface area contributed by atoms with Crippen molar-refractivity contribution in [1.29, 1.82) is 0 Å². The van der Waals surface area contributed by atoms with Gasteiger partial charge in [-0.1, -0.05) is 22.0 Å². The Balaban J connectivity index is 2.34. The molecule has 0 aliphatic rings. The van der Waals surface area contributed by atoms with Gasteiger partial charge in [0.2, 0.25) is 5.91 Å². The first-order chi connectivity index (χ1) is 8.00. The topological polar surface area (TPSA) is 32.3 Å². The third-order valence-electron chi connectivity index (χ3n) is 2.35. The molecule has 94 valence electrons. The summed E-state index contributed by atoms with van der Waals surface area (Å²) < 4.78 is 14.1. The summed E-state index contributed by atoms with van der Waals surface area (Å²) in [6.07, 6.45) is 0.422. The van der Waals surface area contributed by atoms with Gasteiger partial charge in [-0.15, -0.1) is 0 Å². The normalized spacial score (nSPS) is 10.4. The number of benzene rings is 1. The average Bonchev–Trinajstić information content (AvgIpc) is 2.26. The van der Waals surface area contributed by atoms with Crippen LogP contribution in [0.3, 0.4) is 0 Å². The molecule has 1 amide bonds. The molecule has 0 aliphatic carbocycles. The SMILES string of the molecule is CN(C)C(=O)CCNCc1ccc(Br)cc1F. The number of carbonyl (C=O) groups excluding carboxylic acids is 1. The number of hydrogen-bond acceptors (Lipinski definition) is 2. The Morgan fingerprint density at radius 1 is 1.47 bits per heavy atom. The van der Waals surface area contributed by atoms with E-state index in [9.17, 15) is 9.18 Å². The van der Waals surface area contributed by atoms with Gasteiger partial charge in [0.25, 0.3) is 0 Å². The van der Waals surface area contributed by atoms with Gasteiger partial charge in [0.05, 0.1) is 0 Å². The molecular weight excluding hydrogens is 287 g/mol. The van der Waals surface area contributed by atoms with Crippen molar-refractivity contribution < 1.29 is 9.18 Å². The number of rotatable bonds is 5. The highest BCUT2D eigenvalue weighted by Crippen LogP contribution is 2.14. The van der Waals surface area contributed by atoms with E-state index in [1.807, 2.05) is 0 Å². The Labute approximate surface area is 109 Å². The second-order valence-electron chi connectivity index (χ2n) is 3.95. The lowest BCUT2D eigenvalue weighted by Crippen LogP contribution is -2.26. The highest BCUT2D eigenvalue weighted by Gasteiger charge is 2.04. The van der Waals surface area contributed by atoms with E-state index >= 15 is 0 Å². The lowest BCUT2D eigenvalue weighted by molar-refractivity contribution is -0.128. The lowest BCUT2D eigenvalue weighted by Gasteiger charge is -2.10. The first-order valence-electron chi connectivity index (χ1n) is 5.35. The van der Waals surface area contributed by atoms with Crippen molar-refractivity contribution in [1.82, 2.24) is 10.2 Å². The van der Waals surface area contributed by atoms with Crippen LogP contribution < -0.4 is 5.32 Å². The molecule has 5 heteroatoms. The molecule has 17 heavy (non-hydrogen) atoms. The molecule has 0 saturated carbocycles. The van der Waals surface area contributed by atoms with Crippen LogP contribution in [0.4, 0.5) is 4.39 Å². The molecule has 0 heterocycles. The summed E-state index contributed by atoms with van der Waals surface area (Å²) in [4.78, 5) is 12.8. The molecule has 1 rings (SSSR count). The summed E-state index contributed by atoms with van der Waals surface area (Å²) in [6, 6.07) is 4.95. The van der Waals surface area contributed by atoms with Crippen LogP contribution in [-0.2, 0) is 11.3 Å². The lowest BCUT2D eigenvalue weighted by atomic mass is 10.2. The number of hydrogen-bond donors (Lipinski definition) is 1. The van der Waals surface area contributed by atoms with E-state index in [1.165, 1.54) is 6.07 Å².